The van der Waals surface area contributed by atoms with Crippen LogP contribution in [0.1, 0.15) is 70.1 Å². The summed E-state index contributed by atoms with van der Waals surface area (Å²) in [4.78, 5) is 0. The van der Waals surface area contributed by atoms with Gasteiger partial charge in [-0.15, -0.1) is 0 Å². The molecule has 1 unspecified atom stereocenters. The van der Waals surface area contributed by atoms with E-state index in [4.69, 9.17) is 4.74 Å². The van der Waals surface area contributed by atoms with Crippen LogP contribution < -0.4 is 10.6 Å². The van der Waals surface area contributed by atoms with Crippen LogP contribution in [0.4, 0.5) is 5.69 Å². The van der Waals surface area contributed by atoms with E-state index in [2.05, 4.69) is 153 Å². The number of benzene rings is 2. The van der Waals surface area contributed by atoms with Crippen molar-refractivity contribution in [1.82, 2.24) is 5.32 Å². The van der Waals surface area contributed by atoms with E-state index in [0.717, 1.165) is 30.7 Å². The fourth-order valence-electron chi connectivity index (χ4n) is 4.76. The van der Waals surface area contributed by atoms with Gasteiger partial charge in [0.15, 0.2) is 0 Å². The Morgan fingerprint density at radius 2 is 1.73 bits per heavy atom. The minimum absolute atomic E-state index is 0.674. The summed E-state index contributed by atoms with van der Waals surface area (Å²) in [6, 6.07) is 16.8. The molecule has 2 aromatic rings. The number of anilines is 1. The number of aryl methyl sites for hydroxylation is 1. The summed E-state index contributed by atoms with van der Waals surface area (Å²) in [7, 11) is 5.59. The molecule has 0 aromatic heterocycles. The summed E-state index contributed by atoms with van der Waals surface area (Å²) >= 11 is 0. The number of methoxy groups -OCH3 is 1. The van der Waals surface area contributed by atoms with E-state index in [1.165, 1.54) is 45.5 Å². The van der Waals surface area contributed by atoms with Crippen molar-refractivity contribution >= 4 is 17.5 Å². The third kappa shape index (κ3) is 13.8. The first-order valence-electron chi connectivity index (χ1n) is 16.0. The van der Waals surface area contributed by atoms with Gasteiger partial charge >= 0.3 is 0 Å². The molecule has 45 heavy (non-hydrogen) atoms. The van der Waals surface area contributed by atoms with Crippen molar-refractivity contribution < 1.29 is 4.74 Å². The Morgan fingerprint density at radius 3 is 2.38 bits per heavy atom. The van der Waals surface area contributed by atoms with Crippen molar-refractivity contribution in [3.63, 3.8) is 0 Å². The van der Waals surface area contributed by atoms with E-state index in [0.29, 0.717) is 5.92 Å². The highest BCUT2D eigenvalue weighted by Gasteiger charge is 2.09. The predicted molar refractivity (Wildman–Crippen MR) is 199 cm³/mol. The Hall–Kier alpha value is -4.46. The van der Waals surface area contributed by atoms with Crippen molar-refractivity contribution in [1.29, 1.82) is 0 Å². The van der Waals surface area contributed by atoms with Gasteiger partial charge in [0.2, 0.25) is 0 Å². The standard InChI is InChI=1S/C17H21N.C17H19N.C8H14O/c1-14-8-3-4-9-15(14)11-7-12-16-10-5-6-13-17(16)18-2;1-14-8-6-7-11-16(14)17(18-2)13-12-15-9-4-3-5-10-15;1-5-7(2)6-8(3)9-4/h3-8,10,12-13,15,18H,9,11H2,1-2H3;3-9,11-13,18H,10H2,1-2H3;5H2,1-4H3/b12-7-;15-12-,17-13-;. The minimum atomic E-state index is 0.674. The van der Waals surface area contributed by atoms with Crippen LogP contribution in [0.5, 0.6) is 0 Å². The van der Waals surface area contributed by atoms with Gasteiger partial charge in [0.25, 0.3) is 0 Å². The lowest BCUT2D eigenvalue weighted by atomic mass is 9.89. The quantitative estimate of drug-likeness (QED) is 0.221. The third-order valence-corrected chi connectivity index (χ3v) is 7.81. The first-order valence-corrected chi connectivity index (χ1v) is 16.0. The van der Waals surface area contributed by atoms with Gasteiger partial charge in [-0.3, -0.25) is 0 Å². The van der Waals surface area contributed by atoms with Crippen molar-refractivity contribution in [2.24, 2.45) is 5.92 Å². The monoisotopic (exact) mass is 602 g/mol. The lowest BCUT2D eigenvalue weighted by Crippen LogP contribution is -2.05. The van der Waals surface area contributed by atoms with Gasteiger partial charge in [-0.05, 0) is 86.8 Å². The number of rotatable bonds is 9. The van der Waals surface area contributed by atoms with Crippen LogP contribution in [0.15, 0.2) is 138 Å². The van der Waals surface area contributed by atoms with Gasteiger partial charge in [0, 0.05) is 38.0 Å². The molecule has 0 saturated carbocycles. The number of hydrogen-bond donors (Lipinski definition) is 2. The highest BCUT2D eigenvalue weighted by molar-refractivity contribution is 5.68. The second-order valence-corrected chi connectivity index (χ2v) is 11.1. The average molecular weight is 603 g/mol. The molecule has 2 aliphatic rings. The Kier molecular flexibility index (Phi) is 17.4. The molecule has 0 fully saturated rings. The Labute approximate surface area is 273 Å². The maximum absolute atomic E-state index is 4.91. The summed E-state index contributed by atoms with van der Waals surface area (Å²) in [6.45, 7) is 10.4. The summed E-state index contributed by atoms with van der Waals surface area (Å²) in [5.41, 5.74) is 13.3. The number of hydrogen-bond acceptors (Lipinski definition) is 3. The first kappa shape index (κ1) is 36.7. The summed E-state index contributed by atoms with van der Waals surface area (Å²) in [5, 5.41) is 6.49. The zero-order valence-corrected chi connectivity index (χ0v) is 28.8. The third-order valence-electron chi connectivity index (χ3n) is 7.81. The topological polar surface area (TPSA) is 33.3 Å². The highest BCUT2D eigenvalue weighted by Crippen LogP contribution is 2.25. The number of nitrogens with one attached hydrogen (secondary N) is 2. The van der Waals surface area contributed by atoms with E-state index in [9.17, 15) is 0 Å². The zero-order chi connectivity index (χ0) is 32.9. The molecule has 2 N–H and O–H groups in total. The second-order valence-electron chi connectivity index (χ2n) is 11.1. The van der Waals surface area contributed by atoms with E-state index in [-0.39, 0.29) is 0 Å². The molecule has 0 radical (unpaired) electrons. The summed E-state index contributed by atoms with van der Waals surface area (Å²) in [5.74, 6) is 1.53. The van der Waals surface area contributed by atoms with Crippen LogP contribution in [0.25, 0.3) is 11.8 Å². The van der Waals surface area contributed by atoms with Crippen molar-refractivity contribution in [2.45, 2.75) is 60.3 Å². The fourth-order valence-corrected chi connectivity index (χ4v) is 4.76. The molecule has 2 aliphatic carbocycles. The molecule has 2 aromatic carbocycles. The first-order chi connectivity index (χ1) is 21.8. The van der Waals surface area contributed by atoms with Crippen LogP contribution in [0, 0.1) is 12.8 Å². The SMILES string of the molecule is CCC(C)=C=C(C)OC.CN/C(=C\C=C1\C=CC=CC1)c1ccccc1C.CNc1ccccc1/C=C\CC1CC=CC=C1C. The van der Waals surface area contributed by atoms with Crippen LogP contribution in [-0.2, 0) is 4.74 Å². The molecule has 3 nitrogen and oxygen atoms in total. The largest absolute Gasteiger partial charge is 0.493 e. The van der Waals surface area contributed by atoms with E-state index in [1.54, 1.807) is 7.11 Å². The van der Waals surface area contributed by atoms with Crippen LogP contribution >= 0.6 is 0 Å². The lowest BCUT2D eigenvalue weighted by molar-refractivity contribution is 0.294. The van der Waals surface area contributed by atoms with Gasteiger partial charge in [-0.25, -0.2) is 0 Å². The van der Waals surface area contributed by atoms with Crippen LogP contribution in [0.2, 0.25) is 0 Å². The van der Waals surface area contributed by atoms with Gasteiger partial charge in [0.05, 0.1) is 7.11 Å². The van der Waals surface area contributed by atoms with Gasteiger partial charge < -0.3 is 15.4 Å². The Balaban J connectivity index is 0.000000250. The van der Waals surface area contributed by atoms with Crippen LogP contribution in [0.3, 0.4) is 0 Å². The van der Waals surface area contributed by atoms with E-state index >= 15 is 0 Å². The normalized spacial score (nSPS) is 16.1. The van der Waals surface area contributed by atoms with Gasteiger partial charge in [-0.2, -0.15) is 0 Å². The maximum Gasteiger partial charge on any atom is 0.134 e. The predicted octanol–water partition coefficient (Wildman–Crippen LogP) is 11.1. The summed E-state index contributed by atoms with van der Waals surface area (Å²) < 4.78 is 4.91. The van der Waals surface area contributed by atoms with Gasteiger partial charge in [0.1, 0.15) is 5.76 Å². The second kappa shape index (κ2) is 21.3. The van der Waals surface area contributed by atoms with Crippen molar-refractivity contribution in [3.8, 4) is 0 Å². The Bertz CT molecular complexity index is 1470. The molecule has 4 rings (SSSR count). The van der Waals surface area contributed by atoms with Crippen LogP contribution in [-0.4, -0.2) is 21.2 Å². The highest BCUT2D eigenvalue weighted by atomic mass is 16.5. The number of ether oxygens (including phenoxy) is 1. The zero-order valence-electron chi connectivity index (χ0n) is 28.8. The smallest absolute Gasteiger partial charge is 0.134 e. The molecular weight excluding hydrogens is 548 g/mol. The molecule has 0 bridgehead atoms. The lowest BCUT2D eigenvalue weighted by Gasteiger charge is -2.16. The number of para-hydroxylation sites is 1. The molecule has 0 aliphatic heterocycles. The molecule has 238 valence electrons. The molecule has 0 heterocycles. The Morgan fingerprint density at radius 1 is 0.978 bits per heavy atom. The molecule has 1 atom stereocenters. The molecule has 0 amide bonds. The maximum atomic E-state index is 4.91. The fraction of sp³-hybridized carbons (Fsp3) is 0.310. The van der Waals surface area contributed by atoms with Crippen molar-refractivity contribution in [2.75, 3.05) is 26.5 Å². The van der Waals surface area contributed by atoms with E-state index in [1.807, 2.05) is 27.9 Å². The van der Waals surface area contributed by atoms with E-state index < -0.39 is 0 Å². The minimum Gasteiger partial charge on any atom is -0.493 e. The molecule has 3 heteroatoms. The molecule has 0 spiro atoms. The average Bonchev–Trinajstić information content (AvgIpc) is 3.07. The number of allylic oxidation sites excluding steroid dienone is 13. The summed E-state index contributed by atoms with van der Waals surface area (Å²) in [6.07, 6.45) is 28.3. The molecular formula is C42H54N2O. The molecule has 0 saturated heterocycles. The van der Waals surface area contributed by atoms with Gasteiger partial charge in [-0.1, -0.05) is 121 Å². The van der Waals surface area contributed by atoms with Crippen molar-refractivity contribution in [3.05, 3.63) is 154 Å².